The van der Waals surface area contributed by atoms with E-state index in [1.807, 2.05) is 30.5 Å². The SMILES string of the molecule is CNC(=O)c1cc(Br)cn(Cc2cccc3c2ccn3SI)c1=O. The van der Waals surface area contributed by atoms with E-state index < -0.39 is 0 Å². The average Bonchev–Trinajstić information content (AvgIpc) is 3.01. The van der Waals surface area contributed by atoms with E-state index in [2.05, 4.69) is 46.4 Å². The van der Waals surface area contributed by atoms with Crippen LogP contribution < -0.4 is 10.9 Å². The van der Waals surface area contributed by atoms with Crippen molar-refractivity contribution in [3.8, 4) is 0 Å². The molecule has 1 aromatic carbocycles. The maximum Gasteiger partial charge on any atom is 0.263 e. The first kappa shape index (κ1) is 17.6. The van der Waals surface area contributed by atoms with Crippen LogP contribution in [0.5, 0.6) is 0 Å². The second-order valence-corrected chi connectivity index (χ2v) is 7.77. The van der Waals surface area contributed by atoms with Crippen molar-refractivity contribution >= 4 is 63.1 Å². The Morgan fingerprint density at radius 3 is 2.88 bits per heavy atom. The molecule has 0 aliphatic carbocycles. The van der Waals surface area contributed by atoms with Crippen molar-refractivity contribution < 1.29 is 4.79 Å². The molecule has 1 amide bonds. The molecule has 0 spiro atoms. The Labute approximate surface area is 163 Å². The molecular formula is C16H13BrIN3O2S. The van der Waals surface area contributed by atoms with Gasteiger partial charge in [0.2, 0.25) is 0 Å². The third-order valence-electron chi connectivity index (χ3n) is 3.73. The van der Waals surface area contributed by atoms with Crippen molar-refractivity contribution in [3.63, 3.8) is 0 Å². The first-order valence-corrected chi connectivity index (χ1v) is 11.2. The molecule has 24 heavy (non-hydrogen) atoms. The minimum absolute atomic E-state index is 0.124. The lowest BCUT2D eigenvalue weighted by molar-refractivity contribution is 0.0961. The van der Waals surface area contributed by atoms with Gasteiger partial charge in [0, 0.05) is 59.6 Å². The number of hydrogen-bond acceptors (Lipinski definition) is 3. The summed E-state index contributed by atoms with van der Waals surface area (Å²) in [6, 6.07) is 9.60. The fourth-order valence-electron chi connectivity index (χ4n) is 2.60. The fourth-order valence-corrected chi connectivity index (χ4v) is 4.45. The van der Waals surface area contributed by atoms with Crippen molar-refractivity contribution in [2.45, 2.75) is 6.54 Å². The standard InChI is InChI=1S/C16H13BrIN3O2S/c1-19-15(22)13-7-11(17)9-20(16(13)23)8-10-3-2-4-14-12(10)5-6-21(14)24-18/h2-7,9H,8H2,1H3,(H,19,22). The average molecular weight is 518 g/mol. The van der Waals surface area contributed by atoms with Crippen molar-refractivity contribution in [2.24, 2.45) is 0 Å². The molecule has 0 fully saturated rings. The van der Waals surface area contributed by atoms with Gasteiger partial charge in [-0.2, -0.15) is 0 Å². The molecule has 0 unspecified atom stereocenters. The zero-order valence-corrected chi connectivity index (χ0v) is 17.2. The van der Waals surface area contributed by atoms with Gasteiger partial charge >= 0.3 is 0 Å². The van der Waals surface area contributed by atoms with Crippen LogP contribution in [-0.2, 0) is 6.54 Å². The molecule has 1 N–H and O–H groups in total. The Bertz CT molecular complexity index is 983. The molecule has 0 radical (unpaired) electrons. The van der Waals surface area contributed by atoms with E-state index in [0.29, 0.717) is 11.0 Å². The predicted octanol–water partition coefficient (Wildman–Crippen LogP) is 3.82. The van der Waals surface area contributed by atoms with Crippen LogP contribution >= 0.6 is 46.3 Å². The number of carbonyl (C=O) groups is 1. The monoisotopic (exact) mass is 517 g/mol. The smallest absolute Gasteiger partial charge is 0.263 e. The van der Waals surface area contributed by atoms with Crippen LogP contribution in [0, 0.1) is 0 Å². The highest BCUT2D eigenvalue weighted by molar-refractivity contribution is 14.2. The van der Waals surface area contributed by atoms with E-state index in [4.69, 9.17) is 0 Å². The number of carbonyl (C=O) groups excluding carboxylic acids is 1. The molecule has 0 bridgehead atoms. The lowest BCUT2D eigenvalue weighted by Gasteiger charge is -2.10. The second kappa shape index (κ2) is 7.32. The van der Waals surface area contributed by atoms with Gasteiger partial charge in [-0.1, -0.05) is 12.1 Å². The largest absolute Gasteiger partial charge is 0.355 e. The van der Waals surface area contributed by atoms with E-state index >= 15 is 0 Å². The number of hydrogen-bond donors (Lipinski definition) is 1. The van der Waals surface area contributed by atoms with Crippen LogP contribution in [0.4, 0.5) is 0 Å². The van der Waals surface area contributed by atoms with Gasteiger partial charge in [0.05, 0.1) is 12.1 Å². The Kier molecular flexibility index (Phi) is 5.36. The lowest BCUT2D eigenvalue weighted by atomic mass is 10.1. The summed E-state index contributed by atoms with van der Waals surface area (Å²) in [5, 5.41) is 3.59. The normalized spacial score (nSPS) is 11.0. The number of halogens is 2. The third-order valence-corrected chi connectivity index (χ3v) is 5.90. The van der Waals surface area contributed by atoms with Crippen LogP contribution in [0.2, 0.25) is 0 Å². The molecule has 0 atom stereocenters. The number of benzene rings is 1. The zero-order chi connectivity index (χ0) is 17.3. The van der Waals surface area contributed by atoms with Crippen molar-refractivity contribution in [1.29, 1.82) is 0 Å². The molecule has 124 valence electrons. The van der Waals surface area contributed by atoms with Crippen LogP contribution in [0.3, 0.4) is 0 Å². The summed E-state index contributed by atoms with van der Waals surface area (Å²) in [5.74, 6) is -0.388. The Hall–Kier alpha value is -1.26. The number of fused-ring (bicyclic) bond motifs is 1. The summed E-state index contributed by atoms with van der Waals surface area (Å²) in [7, 11) is 3.10. The summed E-state index contributed by atoms with van der Waals surface area (Å²) in [4.78, 5) is 24.5. The van der Waals surface area contributed by atoms with E-state index in [9.17, 15) is 9.59 Å². The van der Waals surface area contributed by atoms with Gasteiger partial charge in [0.1, 0.15) is 5.56 Å². The predicted molar refractivity (Wildman–Crippen MR) is 110 cm³/mol. The first-order valence-electron chi connectivity index (χ1n) is 7.05. The molecule has 0 aliphatic heterocycles. The van der Waals surface area contributed by atoms with E-state index in [1.165, 1.54) is 7.05 Å². The number of rotatable bonds is 4. The highest BCUT2D eigenvalue weighted by atomic mass is 127. The number of nitrogens with one attached hydrogen (secondary N) is 1. The summed E-state index contributed by atoms with van der Waals surface area (Å²) >= 11 is 5.61. The minimum Gasteiger partial charge on any atom is -0.355 e. The molecular weight excluding hydrogens is 505 g/mol. The maximum atomic E-state index is 12.6. The maximum absolute atomic E-state index is 12.6. The highest BCUT2D eigenvalue weighted by Crippen LogP contribution is 2.27. The van der Waals surface area contributed by atoms with Gasteiger partial charge in [-0.25, -0.2) is 0 Å². The van der Waals surface area contributed by atoms with E-state index in [-0.39, 0.29) is 17.0 Å². The van der Waals surface area contributed by atoms with Crippen molar-refractivity contribution in [2.75, 3.05) is 7.05 Å². The van der Waals surface area contributed by atoms with Gasteiger partial charge < -0.3 is 9.88 Å². The molecule has 3 rings (SSSR count). The number of amides is 1. The topological polar surface area (TPSA) is 56.0 Å². The molecule has 3 aromatic rings. The highest BCUT2D eigenvalue weighted by Gasteiger charge is 2.14. The molecule has 2 heterocycles. The summed E-state index contributed by atoms with van der Waals surface area (Å²) in [5.41, 5.74) is 1.94. The van der Waals surface area contributed by atoms with Gasteiger partial charge in [0.25, 0.3) is 11.5 Å². The molecule has 0 saturated heterocycles. The summed E-state index contributed by atoms with van der Waals surface area (Å²) < 4.78 is 4.31. The number of aromatic nitrogens is 2. The lowest BCUT2D eigenvalue weighted by Crippen LogP contribution is -2.31. The molecule has 2 aromatic heterocycles. The van der Waals surface area contributed by atoms with Crippen LogP contribution in [0.25, 0.3) is 10.9 Å². The molecule has 0 saturated carbocycles. The molecule has 0 aliphatic rings. The summed E-state index contributed by atoms with van der Waals surface area (Å²) in [6.45, 7) is 0.398. The Morgan fingerprint density at radius 2 is 2.17 bits per heavy atom. The number of pyridine rings is 1. The van der Waals surface area contributed by atoms with Crippen LogP contribution in [0.15, 0.2) is 52.0 Å². The van der Waals surface area contributed by atoms with Crippen LogP contribution in [0.1, 0.15) is 15.9 Å². The minimum atomic E-state index is -0.388. The van der Waals surface area contributed by atoms with Gasteiger partial charge in [-0.15, -0.1) is 0 Å². The Morgan fingerprint density at radius 1 is 1.38 bits per heavy atom. The number of nitrogens with zero attached hydrogens (tertiary/aromatic N) is 2. The zero-order valence-electron chi connectivity index (χ0n) is 12.6. The Balaban J connectivity index is 2.09. The molecule has 8 heteroatoms. The van der Waals surface area contributed by atoms with Gasteiger partial charge in [-0.05, 0) is 39.7 Å². The third kappa shape index (κ3) is 3.27. The first-order chi connectivity index (χ1) is 11.5. The quantitative estimate of drug-likeness (QED) is 0.535. The summed E-state index contributed by atoms with van der Waals surface area (Å²) in [6.07, 6.45) is 3.71. The van der Waals surface area contributed by atoms with E-state index in [1.54, 1.807) is 25.9 Å². The second-order valence-electron chi connectivity index (χ2n) is 5.14. The van der Waals surface area contributed by atoms with Gasteiger partial charge in [0.15, 0.2) is 0 Å². The van der Waals surface area contributed by atoms with E-state index in [0.717, 1.165) is 16.5 Å². The van der Waals surface area contributed by atoms with Crippen molar-refractivity contribution in [3.05, 3.63) is 68.7 Å². The fraction of sp³-hybridized carbons (Fsp3) is 0.125. The van der Waals surface area contributed by atoms with Gasteiger partial charge in [-0.3, -0.25) is 13.6 Å². The molecule has 5 nitrogen and oxygen atoms in total. The van der Waals surface area contributed by atoms with Crippen molar-refractivity contribution in [1.82, 2.24) is 13.9 Å². The van der Waals surface area contributed by atoms with Crippen LogP contribution in [-0.4, -0.2) is 21.5 Å².